The van der Waals surface area contributed by atoms with Crippen LogP contribution in [0.4, 0.5) is 0 Å². The van der Waals surface area contributed by atoms with E-state index in [2.05, 4.69) is 150 Å². The first kappa shape index (κ1) is 111. The number of carbonyl (C=O) groups is 14. The minimum absolute atomic E-state index is 0.0408. The molecule has 746 valence electrons. The summed E-state index contributed by atoms with van der Waals surface area (Å²) >= 11 is 0. The van der Waals surface area contributed by atoms with Crippen LogP contribution in [0.5, 0.6) is 0 Å². The quantitative estimate of drug-likeness (QED) is 0.0168. The van der Waals surface area contributed by atoms with Gasteiger partial charge in [0.25, 0.3) is 0 Å². The molecular weight excluding hydrogens is 1740 g/mol. The molecule has 32 heteroatoms. The Bertz CT molecular complexity index is 6110. The topological polar surface area (TPSA) is 459 Å². The van der Waals surface area contributed by atoms with Crippen molar-refractivity contribution in [2.24, 2.45) is 0 Å². The highest BCUT2D eigenvalue weighted by Crippen LogP contribution is 2.45. The van der Waals surface area contributed by atoms with Crippen molar-refractivity contribution >= 4 is 144 Å². The molecule has 0 aliphatic carbocycles. The Kier molecular flexibility index (Phi) is 33.0. The molecule has 0 saturated heterocycles. The molecule has 0 atom stereocenters. The van der Waals surface area contributed by atoms with Gasteiger partial charge in [-0.1, -0.05) is 53.6 Å². The second-order valence-corrected chi connectivity index (χ2v) is 43.5. The summed E-state index contributed by atoms with van der Waals surface area (Å²) in [7, 11) is 1.37. The highest BCUT2D eigenvalue weighted by atomic mass is 16.5. The number of aryl methyl sites for hydroxylation is 7. The second-order valence-electron chi connectivity index (χ2n) is 43.5. The van der Waals surface area contributed by atoms with Gasteiger partial charge in [-0.2, -0.15) is 0 Å². The number of nitrogens with zero attached hydrogens (tertiary/aromatic N) is 2. The first-order valence-corrected chi connectivity index (χ1v) is 46.4. The fourth-order valence-corrected chi connectivity index (χ4v) is 16.0. The zero-order valence-corrected chi connectivity index (χ0v) is 88.2. The van der Waals surface area contributed by atoms with Crippen LogP contribution in [-0.2, 0) is 89.4 Å². The highest BCUT2D eigenvalue weighted by Gasteiger charge is 2.49. The van der Waals surface area contributed by atoms with Crippen LogP contribution in [0.25, 0.3) is 60.7 Å². The Morgan fingerprint density at radius 2 is 0.642 bits per heavy atom. The van der Waals surface area contributed by atoms with Crippen molar-refractivity contribution in [1.82, 2.24) is 83.7 Å². The number of nitrogens with one attached hydrogen (secondary N) is 14. The number of rotatable bonds is 35. The molecule has 8 bridgehead atoms. The Balaban J connectivity index is 0.959. The number of allylic oxidation sites excluding steroid dienone is 8. The third-order valence-corrected chi connectivity index (χ3v) is 26.1. The van der Waals surface area contributed by atoms with Crippen molar-refractivity contribution in [1.29, 1.82) is 0 Å². The van der Waals surface area contributed by atoms with Crippen molar-refractivity contribution in [3.63, 3.8) is 0 Å². The van der Waals surface area contributed by atoms with Crippen LogP contribution in [0.2, 0.25) is 0 Å². The zero-order valence-electron chi connectivity index (χ0n) is 88.2. The number of hydrogen-bond donors (Lipinski definition) is 14. The maximum absolute atomic E-state index is 14.6. The van der Waals surface area contributed by atoms with Gasteiger partial charge in [0.15, 0.2) is 0 Å². The summed E-state index contributed by atoms with van der Waals surface area (Å²) < 4.78 is 10.8. The molecule has 137 heavy (non-hydrogen) atoms. The van der Waals surface area contributed by atoms with Crippen molar-refractivity contribution in [2.75, 3.05) is 13.7 Å². The van der Waals surface area contributed by atoms with E-state index in [1.807, 2.05) is 63.2 Å². The van der Waals surface area contributed by atoms with E-state index in [0.717, 1.165) is 139 Å². The molecule has 5 aromatic rings. The minimum atomic E-state index is -1.80. The summed E-state index contributed by atoms with van der Waals surface area (Å²) in [6.45, 7) is 62.7. The molecular formula is C105H150N16O16. The van der Waals surface area contributed by atoms with Crippen LogP contribution in [0.15, 0.2) is 59.2 Å². The Morgan fingerprint density at radius 3 is 1.03 bits per heavy atom. The standard InChI is InChI=1S/C105H150N16O16/c1-53(2)55(5)72-59(9)76-61(11)74-58(8)68(48-50-71(123)136-39)79(106-74)64(14)78-67(57(7)75(107-78)62(12)80-73(56(6)54(3)4)60(10)77(109-80)63(13)81(72)108-76)47-49-70(122)110-94(15,16)82(124)111-95(17,18)83(125)112-96(19,20)84(126)113-97(21,22)85(127)114-98(23,24)86(128)115-99(25,26)87(129)116-100(27,28)88(130)117-101(29,30)89(131)118-102(31,32)90(132)119-103(33,34)91(133)120-104(35,36)92(134)121-105(37,38)93(135)137-52-51-66-45-42-44-65-43-40-41-46-69(65)66/h40-46,107-108H,47-52H2,1-39H3,(H,110,122)(H,111,124)(H,112,125)(H,113,126)(H,114,127)(H,115,128)(H,116,129)(H,117,130)(H,118,131)(H,119,132)(H,120,133)(H,121,134). The van der Waals surface area contributed by atoms with Crippen LogP contribution >= 0.6 is 0 Å². The number of methoxy groups -OCH3 is 1. The predicted molar refractivity (Wildman–Crippen MR) is 537 cm³/mol. The second kappa shape index (κ2) is 40.6. The van der Waals surface area contributed by atoms with Crippen LogP contribution in [0.3, 0.4) is 0 Å². The largest absolute Gasteiger partial charge is 0.469 e. The van der Waals surface area contributed by atoms with Crippen molar-refractivity contribution in [2.45, 2.75) is 362 Å². The lowest BCUT2D eigenvalue weighted by atomic mass is 9.92. The summed E-state index contributed by atoms with van der Waals surface area (Å²) in [4.78, 5) is 215. The van der Waals surface area contributed by atoms with Crippen molar-refractivity contribution < 1.29 is 76.6 Å². The van der Waals surface area contributed by atoms with E-state index in [0.29, 0.717) is 18.5 Å². The maximum atomic E-state index is 14.6. The number of esters is 2. The first-order chi connectivity index (χ1) is 62.4. The summed E-state index contributed by atoms with van der Waals surface area (Å²) in [5.74, 6) is -10.7. The van der Waals surface area contributed by atoms with Gasteiger partial charge in [-0.3, -0.25) is 62.3 Å². The van der Waals surface area contributed by atoms with Crippen LogP contribution < -0.4 is 63.8 Å². The van der Waals surface area contributed by atoms with Gasteiger partial charge in [0.05, 0.1) is 42.0 Å². The molecule has 32 nitrogen and oxygen atoms in total. The average Bonchev–Trinajstić information content (AvgIpc) is 1.58. The fourth-order valence-electron chi connectivity index (χ4n) is 16.0. The first-order valence-electron chi connectivity index (χ1n) is 46.4. The zero-order chi connectivity index (χ0) is 105. The fraction of sp³-hybridized carbons (Fsp3) is 0.543. The van der Waals surface area contributed by atoms with Gasteiger partial charge in [-0.05, 0) is 359 Å². The Labute approximate surface area is 807 Å². The van der Waals surface area contributed by atoms with Gasteiger partial charge in [-0.25, -0.2) is 14.8 Å². The molecule has 0 unspecified atom stereocenters. The van der Waals surface area contributed by atoms with Gasteiger partial charge in [0.2, 0.25) is 70.9 Å². The van der Waals surface area contributed by atoms with E-state index in [1.165, 1.54) is 179 Å². The molecule has 5 heterocycles. The van der Waals surface area contributed by atoms with Crippen molar-refractivity contribution in [3.05, 3.63) is 132 Å². The smallest absolute Gasteiger partial charge is 0.331 e. The van der Waals surface area contributed by atoms with Crippen molar-refractivity contribution in [3.8, 4) is 0 Å². The number of benzene rings is 2. The lowest BCUT2D eigenvalue weighted by molar-refractivity contribution is -0.153. The van der Waals surface area contributed by atoms with E-state index in [1.54, 1.807) is 0 Å². The number of amides is 12. The summed E-state index contributed by atoms with van der Waals surface area (Å²) in [6, 6.07) is 13.7. The number of fused-ring (bicyclic) bond motifs is 9. The van der Waals surface area contributed by atoms with Crippen LogP contribution in [0.1, 0.15) is 314 Å². The van der Waals surface area contributed by atoms with Gasteiger partial charge < -0.3 is 83.2 Å². The molecule has 14 N–H and O–H groups in total. The number of ether oxygens (including phenoxy) is 2. The Morgan fingerprint density at radius 1 is 0.321 bits per heavy atom. The van der Waals surface area contributed by atoms with E-state index in [9.17, 15) is 67.1 Å². The van der Waals surface area contributed by atoms with Gasteiger partial charge in [0.1, 0.15) is 66.5 Å². The van der Waals surface area contributed by atoms with Crippen LogP contribution in [0, 0.1) is 41.5 Å². The molecule has 0 fully saturated rings. The van der Waals surface area contributed by atoms with E-state index < -0.39 is 143 Å². The predicted octanol–water partition coefficient (Wildman–Crippen LogP) is 12.8. The van der Waals surface area contributed by atoms with E-state index in [-0.39, 0.29) is 31.8 Å². The van der Waals surface area contributed by atoms with Gasteiger partial charge >= 0.3 is 11.9 Å². The molecule has 12 amide bonds. The number of carbonyl (C=O) groups excluding carboxylic acids is 14. The molecule has 3 aromatic heterocycles. The lowest BCUT2D eigenvalue weighted by Crippen LogP contribution is -2.70. The number of hydrogen-bond acceptors (Lipinski definition) is 18. The molecule has 7 rings (SSSR count). The highest BCUT2D eigenvalue weighted by molar-refractivity contribution is 6.07. The third-order valence-electron chi connectivity index (χ3n) is 26.1. The summed E-state index contributed by atoms with van der Waals surface area (Å²) in [6.07, 6.45) is 0.940. The molecule has 0 radical (unpaired) electrons. The SMILES string of the molecule is COC(=O)CCC1=C(C)c2nc1c(C)c1[nH]c(c(C)c3nc(c(C)c4[nH]c(c2C)c(C)c4C(C)=C(C)C)C(C)=C3C(C)=C(C)C)c(C)c1CCC(=O)NC(C)(C)C(=O)NC(C)(C)C(=O)NC(C)(C)C(=O)NC(C)(C)C(=O)NC(C)(C)C(=O)NC(C)(C)C(=O)NC(C)(C)C(=O)NC(C)(C)C(=O)NC(C)(C)C(=O)NC(C)(C)C(=O)NC(C)(C)C(=O)NC(C)(C)C(=O)OCCc1cccc2ccccc12. The summed E-state index contributed by atoms with van der Waals surface area (Å²) in [5, 5.41) is 34.0. The molecule has 0 saturated carbocycles. The molecule has 2 aliphatic rings. The summed E-state index contributed by atoms with van der Waals surface area (Å²) in [5.41, 5.74) is 2.49. The normalized spacial score (nSPS) is 13.2. The van der Waals surface area contributed by atoms with Gasteiger partial charge in [0, 0.05) is 46.9 Å². The Hall–Kier alpha value is -12.6. The maximum Gasteiger partial charge on any atom is 0.331 e. The average molecular weight is 1890 g/mol. The molecule has 0 spiro atoms. The van der Waals surface area contributed by atoms with Gasteiger partial charge in [-0.15, -0.1) is 0 Å². The van der Waals surface area contributed by atoms with Crippen LogP contribution in [-0.4, -0.2) is 183 Å². The number of aromatic amines is 2. The third kappa shape index (κ3) is 24.9. The number of aromatic nitrogens is 4. The lowest BCUT2D eigenvalue weighted by Gasteiger charge is -2.38. The van der Waals surface area contributed by atoms with E-state index >= 15 is 0 Å². The molecule has 2 aliphatic heterocycles. The monoisotopic (exact) mass is 1890 g/mol. The van der Waals surface area contributed by atoms with E-state index in [4.69, 9.17) is 19.4 Å². The molecule has 2 aromatic carbocycles. The minimum Gasteiger partial charge on any atom is -0.469 e. The number of H-pyrrole nitrogens is 2.